The van der Waals surface area contributed by atoms with Gasteiger partial charge in [-0.3, -0.25) is 4.79 Å². The van der Waals surface area contributed by atoms with Crippen molar-refractivity contribution in [3.05, 3.63) is 34.4 Å². The summed E-state index contributed by atoms with van der Waals surface area (Å²) < 4.78 is 0. The van der Waals surface area contributed by atoms with Crippen LogP contribution in [0.1, 0.15) is 197 Å². The van der Waals surface area contributed by atoms with Crippen LogP contribution < -0.4 is 0 Å². The van der Waals surface area contributed by atoms with Gasteiger partial charge in [-0.15, -0.1) is 0 Å². The fourth-order valence-corrected chi connectivity index (χ4v) is 6.20. The largest absolute Gasteiger partial charge is 0.481 e. The lowest BCUT2D eigenvalue weighted by molar-refractivity contribution is -0.136. The van der Waals surface area contributed by atoms with E-state index in [1.54, 1.807) is 0 Å². The van der Waals surface area contributed by atoms with Gasteiger partial charge >= 0.3 is 5.97 Å². The third-order valence-electron chi connectivity index (χ3n) is 8.74. The Bertz CT molecular complexity index is 681. The quantitative estimate of drug-likeness (QED) is 0.0996. The summed E-state index contributed by atoms with van der Waals surface area (Å²) in [6, 6.07) is 4.80. The van der Waals surface area contributed by atoms with Crippen LogP contribution in [0.4, 0.5) is 0 Å². The summed E-state index contributed by atoms with van der Waals surface area (Å²) >= 11 is 0. The molecule has 2 nitrogen and oxygen atoms in total. The third kappa shape index (κ3) is 19.7. The van der Waals surface area contributed by atoms with Crippen molar-refractivity contribution in [2.45, 2.75) is 201 Å². The molecule has 0 saturated carbocycles. The summed E-state index contributed by atoms with van der Waals surface area (Å²) in [5.74, 6) is -0.676. The smallest absolute Gasteiger partial charge is 0.307 e. The van der Waals surface area contributed by atoms with Gasteiger partial charge in [-0.2, -0.15) is 0 Å². The van der Waals surface area contributed by atoms with Crippen LogP contribution in [-0.4, -0.2) is 11.1 Å². The molecule has 0 fully saturated rings. The summed E-state index contributed by atoms with van der Waals surface area (Å²) in [6.07, 6.45) is 35.4. The molecule has 0 aliphatic carbocycles. The lowest BCUT2D eigenvalue weighted by atomic mass is 9.88. The summed E-state index contributed by atoms with van der Waals surface area (Å²) in [6.45, 7) is 6.84. The molecule has 0 saturated heterocycles. The molecule has 0 radical (unpaired) electrons. The molecule has 0 aromatic heterocycles. The predicted molar refractivity (Wildman–Crippen MR) is 177 cm³/mol. The van der Waals surface area contributed by atoms with Crippen LogP contribution in [0, 0.1) is 0 Å². The Morgan fingerprint density at radius 1 is 0.475 bits per heavy atom. The molecule has 1 aromatic rings. The lowest BCUT2D eigenvalue weighted by Crippen LogP contribution is -2.09. The normalized spacial score (nSPS) is 11.4. The van der Waals surface area contributed by atoms with E-state index in [0.717, 1.165) is 24.8 Å². The number of carboxylic acids is 1. The maximum atomic E-state index is 11.9. The van der Waals surface area contributed by atoms with Gasteiger partial charge in [0, 0.05) is 0 Å². The van der Waals surface area contributed by atoms with E-state index in [1.165, 1.54) is 171 Å². The summed E-state index contributed by atoms with van der Waals surface area (Å²) in [4.78, 5) is 11.9. The van der Waals surface area contributed by atoms with Gasteiger partial charge in [0.1, 0.15) is 0 Å². The number of aliphatic carboxylic acids is 1. The maximum absolute atomic E-state index is 11.9. The molecule has 1 rings (SSSR count). The van der Waals surface area contributed by atoms with Crippen LogP contribution >= 0.6 is 0 Å². The highest BCUT2D eigenvalue weighted by molar-refractivity contribution is 5.71. The highest BCUT2D eigenvalue weighted by atomic mass is 16.4. The van der Waals surface area contributed by atoms with Gasteiger partial charge in [-0.05, 0) is 60.8 Å². The molecule has 0 heterocycles. The second-order valence-corrected chi connectivity index (χ2v) is 12.6. The average Bonchev–Trinajstić information content (AvgIpc) is 2.94. The van der Waals surface area contributed by atoms with E-state index in [9.17, 15) is 9.90 Å². The first-order valence-corrected chi connectivity index (χ1v) is 18.0. The molecule has 2 heteroatoms. The van der Waals surface area contributed by atoms with Crippen molar-refractivity contribution < 1.29 is 9.90 Å². The van der Waals surface area contributed by atoms with Crippen LogP contribution in [0.2, 0.25) is 0 Å². The topological polar surface area (TPSA) is 37.3 Å². The van der Waals surface area contributed by atoms with Crippen LogP contribution in [0.3, 0.4) is 0 Å². The van der Waals surface area contributed by atoms with E-state index >= 15 is 0 Å². The summed E-state index contributed by atoms with van der Waals surface area (Å²) in [5, 5.41) is 9.79. The first-order valence-electron chi connectivity index (χ1n) is 18.0. The molecular weight excluding hydrogens is 488 g/mol. The van der Waals surface area contributed by atoms with E-state index in [-0.39, 0.29) is 6.42 Å². The first-order chi connectivity index (χ1) is 19.6. The Balaban J connectivity index is 2.75. The predicted octanol–water partition coefficient (Wildman–Crippen LogP) is 12.4. The second kappa shape index (κ2) is 26.6. The third-order valence-corrected chi connectivity index (χ3v) is 8.74. The molecule has 0 unspecified atom stereocenters. The number of rotatable bonds is 29. The summed E-state index contributed by atoms with van der Waals surface area (Å²) in [7, 11) is 0. The van der Waals surface area contributed by atoms with E-state index < -0.39 is 5.97 Å². The minimum Gasteiger partial charge on any atom is -0.481 e. The highest BCUT2D eigenvalue weighted by Gasteiger charge is 2.14. The SMILES string of the molecule is CCCCCCCCCCc1cc(CCCCCCCCCC)c(CC(=O)O)c(CCCCCCCCCC)c1. The van der Waals surface area contributed by atoms with E-state index in [2.05, 4.69) is 32.9 Å². The van der Waals surface area contributed by atoms with Gasteiger partial charge < -0.3 is 5.11 Å². The zero-order valence-corrected chi connectivity index (χ0v) is 27.3. The number of hydrogen-bond donors (Lipinski definition) is 1. The molecule has 232 valence electrons. The Morgan fingerprint density at radius 2 is 0.775 bits per heavy atom. The van der Waals surface area contributed by atoms with E-state index in [0.29, 0.717) is 0 Å². The van der Waals surface area contributed by atoms with Crippen LogP contribution in [0.5, 0.6) is 0 Å². The number of carboxylic acid groups (broad SMARTS) is 1. The standard InChI is InChI=1S/C38H68O2/c1-4-7-10-13-16-19-22-25-28-34-31-35(29-26-23-20-17-14-11-8-5-2)37(33-38(39)40)36(32-34)30-27-24-21-18-15-12-9-6-3/h31-32H,4-30,33H2,1-3H3,(H,39,40). The average molecular weight is 557 g/mol. The molecule has 1 aromatic carbocycles. The van der Waals surface area contributed by atoms with Gasteiger partial charge in [0.2, 0.25) is 0 Å². The van der Waals surface area contributed by atoms with Crippen molar-refractivity contribution in [3.8, 4) is 0 Å². The first kappa shape index (κ1) is 36.7. The van der Waals surface area contributed by atoms with Crippen molar-refractivity contribution in [2.75, 3.05) is 0 Å². The number of hydrogen-bond acceptors (Lipinski definition) is 1. The Kier molecular flexibility index (Phi) is 24.4. The van der Waals surface area contributed by atoms with Crippen molar-refractivity contribution in [1.29, 1.82) is 0 Å². The molecule has 0 aliphatic heterocycles. The van der Waals surface area contributed by atoms with Gasteiger partial charge in [0.15, 0.2) is 0 Å². The zero-order valence-electron chi connectivity index (χ0n) is 27.3. The van der Waals surface area contributed by atoms with Crippen molar-refractivity contribution in [1.82, 2.24) is 0 Å². The second-order valence-electron chi connectivity index (χ2n) is 12.6. The fraction of sp³-hybridized carbons (Fsp3) is 0.816. The van der Waals surface area contributed by atoms with Crippen molar-refractivity contribution >= 4 is 5.97 Å². The minimum atomic E-state index is -0.676. The molecule has 0 bridgehead atoms. The highest BCUT2D eigenvalue weighted by Crippen LogP contribution is 2.25. The molecular formula is C38H68O2. The van der Waals surface area contributed by atoms with Gasteiger partial charge in [-0.25, -0.2) is 0 Å². The van der Waals surface area contributed by atoms with Crippen LogP contribution in [0.15, 0.2) is 12.1 Å². The molecule has 40 heavy (non-hydrogen) atoms. The lowest BCUT2D eigenvalue weighted by Gasteiger charge is -2.17. The van der Waals surface area contributed by atoms with Gasteiger partial charge in [0.05, 0.1) is 6.42 Å². The number of benzene rings is 1. The van der Waals surface area contributed by atoms with Gasteiger partial charge in [-0.1, -0.05) is 168 Å². The monoisotopic (exact) mass is 557 g/mol. The van der Waals surface area contributed by atoms with Gasteiger partial charge in [0.25, 0.3) is 0 Å². The number of aryl methyl sites for hydroxylation is 3. The molecule has 0 spiro atoms. The molecule has 0 atom stereocenters. The maximum Gasteiger partial charge on any atom is 0.307 e. The minimum absolute atomic E-state index is 0.191. The number of unbranched alkanes of at least 4 members (excludes halogenated alkanes) is 21. The Morgan fingerprint density at radius 3 is 1.10 bits per heavy atom. The van der Waals surface area contributed by atoms with E-state index in [1.807, 2.05) is 0 Å². The van der Waals surface area contributed by atoms with Crippen LogP contribution in [0.25, 0.3) is 0 Å². The van der Waals surface area contributed by atoms with Crippen molar-refractivity contribution in [2.24, 2.45) is 0 Å². The molecule has 1 N–H and O–H groups in total. The zero-order chi connectivity index (χ0) is 29.1. The Hall–Kier alpha value is -1.31. The number of carbonyl (C=O) groups is 1. The van der Waals surface area contributed by atoms with Crippen LogP contribution in [-0.2, 0) is 30.5 Å². The van der Waals surface area contributed by atoms with Crippen molar-refractivity contribution in [3.63, 3.8) is 0 Å². The fourth-order valence-electron chi connectivity index (χ4n) is 6.20. The van der Waals surface area contributed by atoms with E-state index in [4.69, 9.17) is 0 Å². The summed E-state index contributed by atoms with van der Waals surface area (Å²) in [5.41, 5.74) is 5.31. The molecule has 0 aliphatic rings. The Labute approximate surface area is 250 Å². The molecule has 0 amide bonds.